The van der Waals surface area contributed by atoms with Gasteiger partial charge in [-0.05, 0) is 37.0 Å². The van der Waals surface area contributed by atoms with Gasteiger partial charge < -0.3 is 10.6 Å². The molecule has 0 bridgehead atoms. The van der Waals surface area contributed by atoms with Gasteiger partial charge in [-0.3, -0.25) is 9.58 Å². The molecule has 3 rings (SSSR count). The third kappa shape index (κ3) is 5.94. The summed E-state index contributed by atoms with van der Waals surface area (Å²) in [4.78, 5) is 7.32. The maximum atomic E-state index is 4.72. The van der Waals surface area contributed by atoms with Gasteiger partial charge in [-0.15, -0.1) is 24.0 Å². The number of hydrogen-bond acceptors (Lipinski definition) is 3. The van der Waals surface area contributed by atoms with Crippen molar-refractivity contribution < 1.29 is 0 Å². The van der Waals surface area contributed by atoms with E-state index in [0.29, 0.717) is 12.6 Å². The number of nitrogens with zero attached hydrogens (tertiary/aromatic N) is 4. The lowest BCUT2D eigenvalue weighted by Crippen LogP contribution is -2.48. The Morgan fingerprint density at radius 1 is 1.18 bits per heavy atom. The zero-order valence-electron chi connectivity index (χ0n) is 17.2. The Morgan fingerprint density at radius 3 is 2.64 bits per heavy atom. The summed E-state index contributed by atoms with van der Waals surface area (Å²) < 4.78 is 1.87. The van der Waals surface area contributed by atoms with Gasteiger partial charge in [-0.2, -0.15) is 5.10 Å². The third-order valence-electron chi connectivity index (χ3n) is 5.32. The van der Waals surface area contributed by atoms with Crippen LogP contribution < -0.4 is 10.6 Å². The number of aliphatic imine (C=N–C) groups is 1. The molecule has 0 fully saturated rings. The summed E-state index contributed by atoms with van der Waals surface area (Å²) >= 11 is 0. The number of fused-ring (bicyclic) bond motifs is 1. The Morgan fingerprint density at radius 2 is 1.96 bits per heavy atom. The van der Waals surface area contributed by atoms with Crippen LogP contribution in [0, 0.1) is 0 Å². The molecule has 1 aromatic heterocycles. The highest BCUT2D eigenvalue weighted by atomic mass is 127. The molecule has 0 amide bonds. The Labute approximate surface area is 185 Å². The van der Waals surface area contributed by atoms with Crippen molar-refractivity contribution in [3.63, 3.8) is 0 Å². The molecule has 0 saturated heterocycles. The number of rotatable bonds is 7. The molecular weight excluding hydrogens is 463 g/mol. The van der Waals surface area contributed by atoms with Gasteiger partial charge in [0.2, 0.25) is 0 Å². The molecule has 154 valence electrons. The lowest BCUT2D eigenvalue weighted by atomic mass is 9.98. The first-order chi connectivity index (χ1) is 13.2. The summed E-state index contributed by atoms with van der Waals surface area (Å²) in [5, 5.41) is 11.1. The lowest BCUT2D eigenvalue weighted by Gasteiger charge is -2.35. The summed E-state index contributed by atoms with van der Waals surface area (Å²) in [7, 11) is 1.95. The lowest BCUT2D eigenvalue weighted by molar-refractivity contribution is 0.174. The molecule has 0 aliphatic carbocycles. The monoisotopic (exact) mass is 496 g/mol. The van der Waals surface area contributed by atoms with Gasteiger partial charge in [0, 0.05) is 45.5 Å². The molecule has 28 heavy (non-hydrogen) atoms. The number of hydrogen-bond donors (Lipinski definition) is 2. The fraction of sp³-hybridized carbons (Fsp3) is 0.524. The Balaban J connectivity index is 0.00000280. The maximum Gasteiger partial charge on any atom is 0.191 e. The van der Waals surface area contributed by atoms with E-state index >= 15 is 0 Å². The number of aryl methyl sites for hydroxylation is 1. The Bertz CT molecular complexity index is 757. The number of nitrogens with one attached hydrogen (secondary N) is 2. The zero-order chi connectivity index (χ0) is 19.1. The summed E-state index contributed by atoms with van der Waals surface area (Å²) in [6, 6.07) is 11.3. The fourth-order valence-electron chi connectivity index (χ4n) is 3.63. The Hall–Kier alpha value is -1.61. The normalized spacial score (nSPS) is 15.5. The van der Waals surface area contributed by atoms with E-state index in [1.54, 1.807) is 0 Å². The molecule has 1 aromatic carbocycles. The third-order valence-corrected chi connectivity index (χ3v) is 5.32. The van der Waals surface area contributed by atoms with Crippen LogP contribution in [-0.4, -0.2) is 46.3 Å². The number of benzene rings is 1. The van der Waals surface area contributed by atoms with Crippen LogP contribution in [0.1, 0.15) is 37.1 Å². The molecule has 0 spiro atoms. The van der Waals surface area contributed by atoms with E-state index in [0.717, 1.165) is 50.7 Å². The van der Waals surface area contributed by atoms with Crippen molar-refractivity contribution in [2.24, 2.45) is 12.0 Å². The highest BCUT2D eigenvalue weighted by Crippen LogP contribution is 2.21. The second-order valence-corrected chi connectivity index (χ2v) is 7.07. The average molecular weight is 496 g/mol. The highest BCUT2D eigenvalue weighted by Gasteiger charge is 2.22. The van der Waals surface area contributed by atoms with E-state index in [1.165, 1.54) is 11.1 Å². The van der Waals surface area contributed by atoms with Gasteiger partial charge >= 0.3 is 0 Å². The minimum absolute atomic E-state index is 0. The number of guanidine groups is 1. The van der Waals surface area contributed by atoms with E-state index in [1.807, 2.05) is 24.0 Å². The molecule has 1 aliphatic rings. The smallest absolute Gasteiger partial charge is 0.191 e. The maximum absolute atomic E-state index is 4.72. The van der Waals surface area contributed by atoms with E-state index in [-0.39, 0.29) is 24.0 Å². The quantitative estimate of drug-likeness (QED) is 0.352. The fourth-order valence-corrected chi connectivity index (χ4v) is 3.63. The molecule has 1 atom stereocenters. The van der Waals surface area contributed by atoms with Crippen LogP contribution in [0.2, 0.25) is 0 Å². The minimum atomic E-state index is 0. The second kappa shape index (κ2) is 11.4. The van der Waals surface area contributed by atoms with Crippen LogP contribution in [0.25, 0.3) is 0 Å². The van der Waals surface area contributed by atoms with E-state index < -0.39 is 0 Å². The van der Waals surface area contributed by atoms with Gasteiger partial charge in [0.25, 0.3) is 0 Å². The molecular formula is C21H33IN6. The van der Waals surface area contributed by atoms with Crippen molar-refractivity contribution in [3.05, 3.63) is 53.3 Å². The molecule has 0 radical (unpaired) electrons. The summed E-state index contributed by atoms with van der Waals surface area (Å²) in [5.74, 6) is 0.870. The van der Waals surface area contributed by atoms with Gasteiger partial charge in [0.05, 0.1) is 12.2 Å². The van der Waals surface area contributed by atoms with E-state index in [2.05, 4.69) is 58.7 Å². The van der Waals surface area contributed by atoms with Crippen LogP contribution >= 0.6 is 24.0 Å². The van der Waals surface area contributed by atoms with Crippen molar-refractivity contribution in [2.75, 3.05) is 19.6 Å². The molecule has 7 heteroatoms. The van der Waals surface area contributed by atoms with Crippen LogP contribution in [0.5, 0.6) is 0 Å². The summed E-state index contributed by atoms with van der Waals surface area (Å²) in [5.41, 5.74) is 4.08. The van der Waals surface area contributed by atoms with Gasteiger partial charge in [0.1, 0.15) is 0 Å². The molecule has 2 aromatic rings. The Kier molecular flexibility index (Phi) is 9.24. The van der Waals surface area contributed by atoms with Gasteiger partial charge in [0.15, 0.2) is 5.96 Å². The van der Waals surface area contributed by atoms with E-state index in [4.69, 9.17) is 4.99 Å². The molecule has 1 aliphatic heterocycles. The predicted octanol–water partition coefficient (Wildman–Crippen LogP) is 2.93. The molecule has 6 nitrogen and oxygen atoms in total. The first kappa shape index (κ1) is 22.7. The van der Waals surface area contributed by atoms with Crippen LogP contribution in [0.4, 0.5) is 0 Å². The second-order valence-electron chi connectivity index (χ2n) is 7.07. The molecule has 1 unspecified atom stereocenters. The van der Waals surface area contributed by atoms with E-state index in [9.17, 15) is 0 Å². The number of halogens is 1. The predicted molar refractivity (Wildman–Crippen MR) is 126 cm³/mol. The van der Waals surface area contributed by atoms with Crippen molar-refractivity contribution in [3.8, 4) is 0 Å². The van der Waals surface area contributed by atoms with Crippen LogP contribution in [0.3, 0.4) is 0 Å². The summed E-state index contributed by atoms with van der Waals surface area (Å²) in [6.07, 6.45) is 4.07. The van der Waals surface area contributed by atoms with Crippen molar-refractivity contribution in [2.45, 2.75) is 45.8 Å². The first-order valence-corrected chi connectivity index (χ1v) is 10.0. The molecule has 2 N–H and O–H groups in total. The van der Waals surface area contributed by atoms with Crippen molar-refractivity contribution in [1.82, 2.24) is 25.3 Å². The van der Waals surface area contributed by atoms with Crippen molar-refractivity contribution >= 4 is 29.9 Å². The topological polar surface area (TPSA) is 57.5 Å². The van der Waals surface area contributed by atoms with Crippen molar-refractivity contribution in [1.29, 1.82) is 0 Å². The summed E-state index contributed by atoms with van der Waals surface area (Å²) in [6.45, 7) is 8.91. The van der Waals surface area contributed by atoms with Gasteiger partial charge in [-0.1, -0.05) is 31.2 Å². The number of aromatic nitrogens is 2. The van der Waals surface area contributed by atoms with Gasteiger partial charge in [-0.25, -0.2) is 4.99 Å². The van der Waals surface area contributed by atoms with Crippen LogP contribution in [-0.2, 0) is 26.6 Å². The molecule has 2 heterocycles. The first-order valence-electron chi connectivity index (χ1n) is 10.0. The highest BCUT2D eigenvalue weighted by molar-refractivity contribution is 14.0. The average Bonchev–Trinajstić information content (AvgIpc) is 3.11. The SMILES string of the molecule is CCNC(=NCc1ccnn1C)NCC(CC)N1CCc2ccccc2C1.I. The zero-order valence-corrected chi connectivity index (χ0v) is 19.5. The standard InChI is InChI=1S/C21H32N6.HI/c1-4-19(27-13-11-17-8-6-7-9-18(17)16-27)14-23-21(22-5-2)24-15-20-10-12-25-26(20)3;/h6-10,12,19H,4-5,11,13-16H2,1-3H3,(H2,22,23,24);1H. The largest absolute Gasteiger partial charge is 0.357 e. The molecule has 0 saturated carbocycles. The minimum Gasteiger partial charge on any atom is -0.357 e. The van der Waals surface area contributed by atoms with Crippen LogP contribution in [0.15, 0.2) is 41.5 Å².